The number of amides is 2. The number of anilines is 1. The molecule has 1 fully saturated rings. The van der Waals surface area contributed by atoms with E-state index >= 15 is 0 Å². The van der Waals surface area contributed by atoms with E-state index in [2.05, 4.69) is 15.2 Å². The normalized spacial score (nSPS) is 14.5. The Labute approximate surface area is 188 Å². The summed E-state index contributed by atoms with van der Waals surface area (Å²) < 4.78 is 15.7. The lowest BCUT2D eigenvalue weighted by atomic mass is 10.1. The number of ether oxygens (including phenoxy) is 3. The molecule has 1 N–H and O–H groups in total. The molecule has 1 saturated heterocycles. The van der Waals surface area contributed by atoms with Gasteiger partial charge in [0.2, 0.25) is 0 Å². The van der Waals surface area contributed by atoms with Crippen molar-refractivity contribution in [2.75, 3.05) is 51.9 Å². The number of carbonyl (C=O) groups is 2. The lowest BCUT2D eigenvalue weighted by molar-refractivity contribution is 0.0526. The van der Waals surface area contributed by atoms with Crippen molar-refractivity contribution < 1.29 is 23.8 Å². The van der Waals surface area contributed by atoms with Crippen LogP contribution in [-0.4, -0.2) is 68.9 Å². The Morgan fingerprint density at radius 1 is 1.09 bits per heavy atom. The highest BCUT2D eigenvalue weighted by atomic mass is 16.5. The zero-order chi connectivity index (χ0) is 23.1. The van der Waals surface area contributed by atoms with Crippen LogP contribution in [0.1, 0.15) is 35.8 Å². The molecule has 9 heteroatoms. The summed E-state index contributed by atoms with van der Waals surface area (Å²) in [4.78, 5) is 32.8. The van der Waals surface area contributed by atoms with Gasteiger partial charge in [0.05, 0.1) is 32.4 Å². The summed E-state index contributed by atoms with van der Waals surface area (Å²) in [6.07, 6.45) is 1.52. The molecule has 1 atom stereocenters. The van der Waals surface area contributed by atoms with Gasteiger partial charge < -0.3 is 29.3 Å². The number of pyridine rings is 1. The van der Waals surface area contributed by atoms with Crippen LogP contribution in [0.5, 0.6) is 11.5 Å². The van der Waals surface area contributed by atoms with E-state index in [1.54, 1.807) is 44.2 Å². The number of methoxy groups -OCH3 is 2. The van der Waals surface area contributed by atoms with Crippen molar-refractivity contribution in [3.8, 4) is 11.5 Å². The Bertz CT molecular complexity index is 926. The summed E-state index contributed by atoms with van der Waals surface area (Å²) in [5.41, 5.74) is 1.31. The summed E-state index contributed by atoms with van der Waals surface area (Å²) in [5, 5.41) is 3.05. The minimum atomic E-state index is -0.379. The molecule has 0 saturated carbocycles. The smallest absolute Gasteiger partial charge is 0.339 e. The van der Waals surface area contributed by atoms with Crippen molar-refractivity contribution in [1.29, 1.82) is 0 Å². The summed E-state index contributed by atoms with van der Waals surface area (Å²) >= 11 is 0. The molecule has 2 aromatic rings. The number of esters is 1. The fraction of sp³-hybridized carbons (Fsp3) is 0.435. The van der Waals surface area contributed by atoms with Crippen LogP contribution in [0.15, 0.2) is 36.5 Å². The first-order valence-electron chi connectivity index (χ1n) is 10.6. The van der Waals surface area contributed by atoms with Gasteiger partial charge in [-0.1, -0.05) is 0 Å². The van der Waals surface area contributed by atoms with Gasteiger partial charge in [0.15, 0.2) is 0 Å². The van der Waals surface area contributed by atoms with Gasteiger partial charge in [-0.25, -0.2) is 14.6 Å². The number of urea groups is 1. The van der Waals surface area contributed by atoms with Crippen LogP contribution < -0.4 is 19.7 Å². The Balaban J connectivity index is 1.55. The molecule has 0 radical (unpaired) electrons. The quantitative estimate of drug-likeness (QED) is 0.659. The molecule has 0 bridgehead atoms. The number of nitrogens with zero attached hydrogens (tertiary/aromatic N) is 3. The highest BCUT2D eigenvalue weighted by Gasteiger charge is 2.24. The van der Waals surface area contributed by atoms with E-state index < -0.39 is 0 Å². The van der Waals surface area contributed by atoms with Crippen molar-refractivity contribution in [2.24, 2.45) is 0 Å². The third-order valence-electron chi connectivity index (χ3n) is 5.40. The number of hydrogen-bond acceptors (Lipinski definition) is 7. The molecular formula is C23H30N4O5. The van der Waals surface area contributed by atoms with Gasteiger partial charge in [-0.15, -0.1) is 0 Å². The van der Waals surface area contributed by atoms with E-state index in [0.717, 1.165) is 11.4 Å². The minimum Gasteiger partial charge on any atom is -0.497 e. The molecule has 1 aliphatic rings. The largest absolute Gasteiger partial charge is 0.497 e. The number of carbonyl (C=O) groups excluding carboxylic acids is 2. The first kappa shape index (κ1) is 23.2. The SMILES string of the molecule is CCOC(=O)c1ccc(N2CCN(C(=O)NC(C)c3ccc(OC)cc3OC)CC2)nc1. The summed E-state index contributed by atoms with van der Waals surface area (Å²) in [5.74, 6) is 1.76. The molecule has 1 aliphatic heterocycles. The zero-order valence-electron chi connectivity index (χ0n) is 19.0. The molecule has 1 aromatic carbocycles. The summed E-state index contributed by atoms with van der Waals surface area (Å²) in [6.45, 7) is 6.46. The van der Waals surface area contributed by atoms with Crippen molar-refractivity contribution in [2.45, 2.75) is 19.9 Å². The number of nitrogens with one attached hydrogen (secondary N) is 1. The molecule has 0 aliphatic carbocycles. The minimum absolute atomic E-state index is 0.124. The molecule has 172 valence electrons. The molecular weight excluding hydrogens is 412 g/mol. The van der Waals surface area contributed by atoms with Crippen molar-refractivity contribution in [3.05, 3.63) is 47.7 Å². The van der Waals surface area contributed by atoms with Crippen molar-refractivity contribution >= 4 is 17.8 Å². The summed E-state index contributed by atoms with van der Waals surface area (Å²) in [7, 11) is 3.20. The van der Waals surface area contributed by atoms with Crippen LogP contribution in [0.3, 0.4) is 0 Å². The predicted molar refractivity (Wildman–Crippen MR) is 120 cm³/mol. The topological polar surface area (TPSA) is 93.2 Å². The average molecular weight is 443 g/mol. The van der Waals surface area contributed by atoms with E-state index in [-0.39, 0.29) is 18.0 Å². The van der Waals surface area contributed by atoms with Gasteiger partial charge in [-0.05, 0) is 38.1 Å². The fourth-order valence-electron chi connectivity index (χ4n) is 3.58. The van der Waals surface area contributed by atoms with Gasteiger partial charge in [0, 0.05) is 44.0 Å². The third-order valence-corrected chi connectivity index (χ3v) is 5.40. The van der Waals surface area contributed by atoms with Gasteiger partial charge in [-0.2, -0.15) is 0 Å². The Kier molecular flexibility index (Phi) is 7.75. The molecule has 0 spiro atoms. The lowest BCUT2D eigenvalue weighted by Gasteiger charge is -2.36. The van der Waals surface area contributed by atoms with E-state index in [1.165, 1.54) is 6.20 Å². The Morgan fingerprint density at radius 2 is 1.84 bits per heavy atom. The Morgan fingerprint density at radius 3 is 2.44 bits per heavy atom. The molecule has 9 nitrogen and oxygen atoms in total. The number of benzene rings is 1. The second kappa shape index (κ2) is 10.7. The fourth-order valence-corrected chi connectivity index (χ4v) is 3.58. The van der Waals surface area contributed by atoms with Crippen LogP contribution in [0.2, 0.25) is 0 Å². The van der Waals surface area contributed by atoms with Crippen LogP contribution in [0, 0.1) is 0 Å². The van der Waals surface area contributed by atoms with E-state index in [9.17, 15) is 9.59 Å². The zero-order valence-corrected chi connectivity index (χ0v) is 19.0. The van der Waals surface area contributed by atoms with Crippen molar-refractivity contribution in [3.63, 3.8) is 0 Å². The first-order chi connectivity index (χ1) is 15.5. The summed E-state index contributed by atoms with van der Waals surface area (Å²) in [6, 6.07) is 8.71. The molecule has 32 heavy (non-hydrogen) atoms. The van der Waals surface area contributed by atoms with E-state index in [1.807, 2.05) is 19.1 Å². The lowest BCUT2D eigenvalue weighted by Crippen LogP contribution is -2.52. The molecule has 1 unspecified atom stereocenters. The van der Waals surface area contributed by atoms with Crippen LogP contribution in [0.25, 0.3) is 0 Å². The van der Waals surface area contributed by atoms with Gasteiger partial charge >= 0.3 is 12.0 Å². The maximum Gasteiger partial charge on any atom is 0.339 e. The van der Waals surface area contributed by atoms with Gasteiger partial charge in [0.25, 0.3) is 0 Å². The molecule has 2 heterocycles. The average Bonchev–Trinajstić information content (AvgIpc) is 2.83. The van der Waals surface area contributed by atoms with E-state index in [4.69, 9.17) is 14.2 Å². The van der Waals surface area contributed by atoms with Crippen LogP contribution >= 0.6 is 0 Å². The first-order valence-corrected chi connectivity index (χ1v) is 10.6. The molecule has 1 aromatic heterocycles. The molecule has 3 rings (SSSR count). The van der Waals surface area contributed by atoms with Crippen molar-refractivity contribution in [1.82, 2.24) is 15.2 Å². The van der Waals surface area contributed by atoms with E-state index in [0.29, 0.717) is 49.8 Å². The van der Waals surface area contributed by atoms with Gasteiger partial charge in [-0.3, -0.25) is 0 Å². The molecule has 2 amide bonds. The highest BCUT2D eigenvalue weighted by molar-refractivity contribution is 5.89. The number of aromatic nitrogens is 1. The number of rotatable bonds is 7. The number of piperazine rings is 1. The van der Waals surface area contributed by atoms with Gasteiger partial charge in [0.1, 0.15) is 17.3 Å². The van der Waals surface area contributed by atoms with Crippen LogP contribution in [0.4, 0.5) is 10.6 Å². The number of hydrogen-bond donors (Lipinski definition) is 1. The maximum atomic E-state index is 12.8. The maximum absolute atomic E-state index is 12.8. The predicted octanol–water partition coefficient (Wildman–Crippen LogP) is 2.87. The highest BCUT2D eigenvalue weighted by Crippen LogP contribution is 2.29. The second-order valence-corrected chi connectivity index (χ2v) is 7.38. The third kappa shape index (κ3) is 5.40. The van der Waals surface area contributed by atoms with Crippen LogP contribution in [-0.2, 0) is 4.74 Å². The second-order valence-electron chi connectivity index (χ2n) is 7.38. The monoisotopic (exact) mass is 442 g/mol. The Hall–Kier alpha value is -3.49. The standard InChI is InChI=1S/C23H30N4O5/c1-5-32-22(28)17-6-9-21(24-15-17)26-10-12-27(13-11-26)23(29)25-16(2)19-8-7-18(30-3)14-20(19)31-4/h6-9,14-16H,5,10-13H2,1-4H3,(H,25,29).